The third-order valence-electron chi connectivity index (χ3n) is 4.22. The van der Waals surface area contributed by atoms with E-state index in [9.17, 15) is 0 Å². The number of unbranched alkanes of at least 4 members (excludes halogenated alkanes) is 1. The lowest BCUT2D eigenvalue weighted by Crippen LogP contribution is -2.39. The minimum Gasteiger partial charge on any atom is -0.314 e. The number of rotatable bonds is 10. The van der Waals surface area contributed by atoms with E-state index in [0.717, 1.165) is 25.3 Å². The predicted octanol–water partition coefficient (Wildman–Crippen LogP) is 3.43. The van der Waals surface area contributed by atoms with Crippen LogP contribution in [0.2, 0.25) is 0 Å². The molecule has 1 aromatic rings. The minimum absolute atomic E-state index is 0.306. The summed E-state index contributed by atoms with van der Waals surface area (Å²) in [6.07, 6.45) is 7.70. The summed E-state index contributed by atoms with van der Waals surface area (Å²) in [5.74, 6) is 1.14. The monoisotopic (exact) mass is 280 g/mol. The molecule has 1 rings (SSSR count). The molecule has 0 aliphatic carbocycles. The Labute approximate surface area is 124 Å². The first-order valence-corrected chi connectivity index (χ1v) is 8.17. The van der Waals surface area contributed by atoms with Gasteiger partial charge in [0.15, 0.2) is 0 Å². The van der Waals surface area contributed by atoms with E-state index in [1.165, 1.54) is 25.7 Å². The predicted molar refractivity (Wildman–Crippen MR) is 84.8 cm³/mol. The average Bonchev–Trinajstić information content (AvgIpc) is 2.89. The largest absolute Gasteiger partial charge is 0.314 e. The molecule has 0 saturated carbocycles. The molecular formula is C16H32N4. The van der Waals surface area contributed by atoms with Crippen molar-refractivity contribution in [3.05, 3.63) is 12.2 Å². The minimum atomic E-state index is 0.306. The van der Waals surface area contributed by atoms with Gasteiger partial charge in [-0.05, 0) is 25.2 Å². The summed E-state index contributed by atoms with van der Waals surface area (Å²) >= 11 is 0. The van der Waals surface area contributed by atoms with Crippen LogP contribution in [0.25, 0.3) is 0 Å². The van der Waals surface area contributed by atoms with Gasteiger partial charge in [-0.1, -0.05) is 40.5 Å². The summed E-state index contributed by atoms with van der Waals surface area (Å²) in [6.45, 7) is 13.1. The SMILES string of the molecule is CCCCC(CC)(CNC(C)C)Cc1ncnn1CC. The number of hydrogen-bond acceptors (Lipinski definition) is 3. The fraction of sp³-hybridized carbons (Fsp3) is 0.875. The van der Waals surface area contributed by atoms with E-state index in [1.54, 1.807) is 6.33 Å². The second-order valence-corrected chi connectivity index (χ2v) is 6.16. The molecule has 0 spiro atoms. The maximum Gasteiger partial charge on any atom is 0.138 e. The average molecular weight is 280 g/mol. The van der Waals surface area contributed by atoms with Crippen LogP contribution in [0, 0.1) is 5.41 Å². The number of nitrogens with one attached hydrogen (secondary N) is 1. The van der Waals surface area contributed by atoms with Gasteiger partial charge in [0.1, 0.15) is 12.2 Å². The number of aromatic nitrogens is 3. The van der Waals surface area contributed by atoms with Crippen LogP contribution >= 0.6 is 0 Å². The van der Waals surface area contributed by atoms with E-state index < -0.39 is 0 Å². The smallest absolute Gasteiger partial charge is 0.138 e. The lowest BCUT2D eigenvalue weighted by atomic mass is 9.76. The first kappa shape index (κ1) is 17.2. The zero-order valence-electron chi connectivity index (χ0n) is 13.9. The highest BCUT2D eigenvalue weighted by atomic mass is 15.3. The fourth-order valence-corrected chi connectivity index (χ4v) is 2.66. The van der Waals surface area contributed by atoms with E-state index in [1.807, 2.05) is 4.68 Å². The van der Waals surface area contributed by atoms with Gasteiger partial charge in [0.2, 0.25) is 0 Å². The van der Waals surface area contributed by atoms with E-state index in [-0.39, 0.29) is 0 Å². The van der Waals surface area contributed by atoms with Gasteiger partial charge < -0.3 is 5.32 Å². The Kier molecular flexibility index (Phi) is 7.20. The molecule has 1 N–H and O–H groups in total. The molecule has 1 heterocycles. The van der Waals surface area contributed by atoms with Crippen molar-refractivity contribution in [2.75, 3.05) is 6.54 Å². The fourth-order valence-electron chi connectivity index (χ4n) is 2.66. The van der Waals surface area contributed by atoms with Crippen LogP contribution < -0.4 is 5.32 Å². The Morgan fingerprint density at radius 3 is 2.60 bits per heavy atom. The van der Waals surface area contributed by atoms with E-state index >= 15 is 0 Å². The molecule has 116 valence electrons. The first-order chi connectivity index (χ1) is 9.56. The van der Waals surface area contributed by atoms with E-state index in [4.69, 9.17) is 0 Å². The lowest BCUT2D eigenvalue weighted by Gasteiger charge is -2.34. The topological polar surface area (TPSA) is 42.7 Å². The number of aryl methyl sites for hydroxylation is 1. The molecular weight excluding hydrogens is 248 g/mol. The highest BCUT2D eigenvalue weighted by Gasteiger charge is 2.29. The molecule has 1 aromatic heterocycles. The number of hydrogen-bond donors (Lipinski definition) is 1. The van der Waals surface area contributed by atoms with E-state index in [2.05, 4.69) is 50.0 Å². The van der Waals surface area contributed by atoms with Crippen LogP contribution in [0.1, 0.15) is 66.1 Å². The molecule has 0 aliphatic heterocycles. The maximum atomic E-state index is 4.48. The van der Waals surface area contributed by atoms with Crippen molar-refractivity contribution in [1.82, 2.24) is 20.1 Å². The summed E-state index contributed by atoms with van der Waals surface area (Å²) in [7, 11) is 0. The molecule has 0 amide bonds. The third-order valence-corrected chi connectivity index (χ3v) is 4.22. The van der Waals surface area contributed by atoms with Crippen LogP contribution in [0.5, 0.6) is 0 Å². The highest BCUT2D eigenvalue weighted by molar-refractivity contribution is 4.95. The second kappa shape index (κ2) is 8.40. The molecule has 0 aromatic carbocycles. The third kappa shape index (κ3) is 4.89. The molecule has 4 heteroatoms. The number of nitrogens with zero attached hydrogens (tertiary/aromatic N) is 3. The van der Waals surface area contributed by atoms with Gasteiger partial charge in [-0.25, -0.2) is 4.98 Å². The Hall–Kier alpha value is -0.900. The first-order valence-electron chi connectivity index (χ1n) is 8.17. The van der Waals surface area contributed by atoms with Gasteiger partial charge in [-0.15, -0.1) is 0 Å². The Bertz CT molecular complexity index is 372. The normalized spacial score (nSPS) is 14.7. The van der Waals surface area contributed by atoms with Crippen molar-refractivity contribution in [1.29, 1.82) is 0 Å². The maximum absolute atomic E-state index is 4.48. The van der Waals surface area contributed by atoms with Gasteiger partial charge in [0.25, 0.3) is 0 Å². The van der Waals surface area contributed by atoms with Crippen LogP contribution in [-0.4, -0.2) is 27.4 Å². The molecule has 0 radical (unpaired) electrons. The summed E-state index contributed by atoms with van der Waals surface area (Å²) in [5.41, 5.74) is 0.306. The summed E-state index contributed by atoms with van der Waals surface area (Å²) < 4.78 is 2.03. The van der Waals surface area contributed by atoms with Gasteiger partial charge >= 0.3 is 0 Å². The summed E-state index contributed by atoms with van der Waals surface area (Å²) in [6, 6.07) is 0.534. The summed E-state index contributed by atoms with van der Waals surface area (Å²) in [4.78, 5) is 4.48. The molecule has 0 fully saturated rings. The van der Waals surface area contributed by atoms with Gasteiger partial charge in [0.05, 0.1) is 0 Å². The zero-order chi connectivity index (χ0) is 15.0. The lowest BCUT2D eigenvalue weighted by molar-refractivity contribution is 0.215. The van der Waals surface area contributed by atoms with Crippen molar-refractivity contribution >= 4 is 0 Å². The van der Waals surface area contributed by atoms with Gasteiger partial charge in [-0.3, -0.25) is 4.68 Å². The summed E-state index contributed by atoms with van der Waals surface area (Å²) in [5, 5.41) is 7.95. The van der Waals surface area contributed by atoms with Crippen LogP contribution in [0.4, 0.5) is 0 Å². The molecule has 0 bridgehead atoms. The second-order valence-electron chi connectivity index (χ2n) is 6.16. The van der Waals surface area contributed by atoms with Gasteiger partial charge in [0, 0.05) is 25.6 Å². The van der Waals surface area contributed by atoms with Crippen molar-refractivity contribution in [2.24, 2.45) is 5.41 Å². The van der Waals surface area contributed by atoms with Crippen molar-refractivity contribution in [2.45, 2.75) is 79.3 Å². The molecule has 0 aliphatic rings. The van der Waals surface area contributed by atoms with Crippen molar-refractivity contribution in [3.8, 4) is 0 Å². The molecule has 0 saturated heterocycles. The van der Waals surface area contributed by atoms with Crippen molar-refractivity contribution in [3.63, 3.8) is 0 Å². The molecule has 20 heavy (non-hydrogen) atoms. The zero-order valence-corrected chi connectivity index (χ0v) is 13.9. The van der Waals surface area contributed by atoms with Gasteiger partial charge in [-0.2, -0.15) is 5.10 Å². The Morgan fingerprint density at radius 2 is 2.05 bits per heavy atom. The van der Waals surface area contributed by atoms with Crippen molar-refractivity contribution < 1.29 is 0 Å². The van der Waals surface area contributed by atoms with E-state index in [0.29, 0.717) is 11.5 Å². The Balaban J connectivity index is 2.84. The standard InChI is InChI=1S/C16H32N4/c1-6-9-10-16(7-2,12-17-14(4)5)11-15-18-13-19-20(15)8-3/h13-14,17H,6-12H2,1-5H3. The highest BCUT2D eigenvalue weighted by Crippen LogP contribution is 2.32. The quantitative estimate of drug-likeness (QED) is 0.714. The van der Waals surface area contributed by atoms with Crippen LogP contribution in [-0.2, 0) is 13.0 Å². The molecule has 1 atom stereocenters. The Morgan fingerprint density at radius 1 is 1.30 bits per heavy atom. The molecule has 4 nitrogen and oxygen atoms in total. The molecule has 1 unspecified atom stereocenters. The van der Waals surface area contributed by atoms with Crippen LogP contribution in [0.15, 0.2) is 6.33 Å². The van der Waals surface area contributed by atoms with Crippen LogP contribution in [0.3, 0.4) is 0 Å².